The lowest BCUT2D eigenvalue weighted by Crippen LogP contribution is -2.42. The molecule has 0 radical (unpaired) electrons. The van der Waals surface area contributed by atoms with Crippen molar-refractivity contribution >= 4 is 17.3 Å². The van der Waals surface area contributed by atoms with Crippen LogP contribution in [0.5, 0.6) is 0 Å². The molecule has 1 rings (SSSR count). The van der Waals surface area contributed by atoms with Crippen molar-refractivity contribution in [2.45, 2.75) is 53.1 Å². The molecule has 0 aliphatic heterocycles. The van der Waals surface area contributed by atoms with E-state index in [0.717, 1.165) is 32.1 Å². The van der Waals surface area contributed by atoms with Gasteiger partial charge in [-0.2, -0.15) is 0 Å². The van der Waals surface area contributed by atoms with Crippen molar-refractivity contribution in [3.05, 3.63) is 22.4 Å². The highest BCUT2D eigenvalue weighted by Gasteiger charge is 2.06. The Morgan fingerprint density at radius 2 is 2.09 bits per heavy atom. The Labute approximate surface area is 140 Å². The molecule has 1 aromatic rings. The molecule has 0 spiro atoms. The number of nitrogens with one attached hydrogen (secondary N) is 2. The van der Waals surface area contributed by atoms with Crippen molar-refractivity contribution in [1.82, 2.24) is 15.5 Å². The number of aliphatic imine (C=N–C) groups is 1. The third-order valence-corrected chi connectivity index (χ3v) is 4.57. The standard InChI is InChI=1S/C17H32N4S/c1-5-18-17(19-14-16-11-9-13-22-16)20-15(4)10-8-12-21(6-2)7-3/h9,11,13,15H,5-8,10,12,14H2,1-4H3,(H2,18,19,20). The molecule has 4 nitrogen and oxygen atoms in total. The number of rotatable bonds is 10. The van der Waals surface area contributed by atoms with Crippen LogP contribution in [-0.4, -0.2) is 43.1 Å². The second-order valence-corrected chi connectivity index (χ2v) is 6.52. The van der Waals surface area contributed by atoms with Crippen LogP contribution < -0.4 is 10.6 Å². The molecule has 1 unspecified atom stereocenters. The maximum absolute atomic E-state index is 4.67. The molecular weight excluding hydrogens is 292 g/mol. The zero-order valence-electron chi connectivity index (χ0n) is 14.6. The minimum absolute atomic E-state index is 0.441. The summed E-state index contributed by atoms with van der Waals surface area (Å²) in [5, 5.41) is 8.94. The molecule has 22 heavy (non-hydrogen) atoms. The van der Waals surface area contributed by atoms with Gasteiger partial charge in [-0.1, -0.05) is 19.9 Å². The number of guanidine groups is 1. The molecular formula is C17H32N4S. The first-order valence-corrected chi connectivity index (χ1v) is 9.37. The van der Waals surface area contributed by atoms with Crippen LogP contribution in [0.25, 0.3) is 0 Å². The minimum Gasteiger partial charge on any atom is -0.357 e. The summed E-state index contributed by atoms with van der Waals surface area (Å²) in [5.74, 6) is 0.922. The van der Waals surface area contributed by atoms with E-state index >= 15 is 0 Å². The molecule has 0 saturated carbocycles. The first-order chi connectivity index (χ1) is 10.7. The van der Waals surface area contributed by atoms with Crippen molar-refractivity contribution in [2.24, 2.45) is 4.99 Å². The average molecular weight is 325 g/mol. The fourth-order valence-electron chi connectivity index (χ4n) is 2.35. The van der Waals surface area contributed by atoms with Crippen LogP contribution in [0.1, 0.15) is 45.4 Å². The van der Waals surface area contributed by atoms with Gasteiger partial charge in [-0.25, -0.2) is 4.99 Å². The number of hydrogen-bond acceptors (Lipinski definition) is 3. The Morgan fingerprint density at radius 3 is 2.68 bits per heavy atom. The highest BCUT2D eigenvalue weighted by atomic mass is 32.1. The monoisotopic (exact) mass is 324 g/mol. The Morgan fingerprint density at radius 1 is 1.32 bits per heavy atom. The fourth-order valence-corrected chi connectivity index (χ4v) is 2.97. The molecule has 0 bridgehead atoms. The molecule has 5 heteroatoms. The molecule has 1 aromatic heterocycles. The Bertz CT molecular complexity index is 399. The van der Waals surface area contributed by atoms with Gasteiger partial charge in [0.25, 0.3) is 0 Å². The third kappa shape index (κ3) is 7.80. The van der Waals surface area contributed by atoms with Crippen molar-refractivity contribution in [1.29, 1.82) is 0 Å². The number of thiophene rings is 1. The predicted molar refractivity (Wildman–Crippen MR) is 98.8 cm³/mol. The van der Waals surface area contributed by atoms with Gasteiger partial charge in [0.05, 0.1) is 6.54 Å². The fraction of sp³-hybridized carbons (Fsp3) is 0.706. The van der Waals surface area contributed by atoms with Gasteiger partial charge in [0.1, 0.15) is 0 Å². The summed E-state index contributed by atoms with van der Waals surface area (Å²) in [6.45, 7) is 13.9. The maximum Gasteiger partial charge on any atom is 0.191 e. The second-order valence-electron chi connectivity index (χ2n) is 5.49. The number of nitrogens with zero attached hydrogens (tertiary/aromatic N) is 2. The van der Waals surface area contributed by atoms with E-state index in [-0.39, 0.29) is 0 Å². The molecule has 0 aliphatic carbocycles. The van der Waals surface area contributed by atoms with E-state index in [1.54, 1.807) is 11.3 Å². The van der Waals surface area contributed by atoms with E-state index in [2.05, 4.69) is 65.7 Å². The highest BCUT2D eigenvalue weighted by molar-refractivity contribution is 7.09. The first-order valence-electron chi connectivity index (χ1n) is 8.49. The molecule has 0 saturated heterocycles. The van der Waals surface area contributed by atoms with Gasteiger partial charge >= 0.3 is 0 Å². The van der Waals surface area contributed by atoms with Crippen LogP contribution in [0, 0.1) is 0 Å². The van der Waals surface area contributed by atoms with Crippen LogP contribution in [-0.2, 0) is 6.54 Å². The first kappa shape index (κ1) is 19.0. The Balaban J connectivity index is 2.36. The summed E-state index contributed by atoms with van der Waals surface area (Å²) in [5.41, 5.74) is 0. The van der Waals surface area contributed by atoms with Crippen LogP contribution in [0.4, 0.5) is 0 Å². The SMILES string of the molecule is CCNC(=NCc1cccs1)NC(C)CCCN(CC)CC. The van der Waals surface area contributed by atoms with Gasteiger partial charge in [0.15, 0.2) is 5.96 Å². The summed E-state index contributed by atoms with van der Waals surface area (Å²) in [6.07, 6.45) is 2.39. The molecule has 126 valence electrons. The van der Waals surface area contributed by atoms with Crippen LogP contribution in [0.3, 0.4) is 0 Å². The van der Waals surface area contributed by atoms with E-state index in [0.29, 0.717) is 6.04 Å². The molecule has 0 aliphatic rings. The lowest BCUT2D eigenvalue weighted by Gasteiger charge is -2.21. The topological polar surface area (TPSA) is 39.7 Å². The third-order valence-electron chi connectivity index (χ3n) is 3.71. The molecule has 0 aromatic carbocycles. The van der Waals surface area contributed by atoms with Gasteiger partial charge in [0.2, 0.25) is 0 Å². The van der Waals surface area contributed by atoms with Gasteiger partial charge in [-0.3, -0.25) is 0 Å². The highest BCUT2D eigenvalue weighted by Crippen LogP contribution is 2.09. The van der Waals surface area contributed by atoms with E-state index in [1.165, 1.54) is 24.3 Å². The van der Waals surface area contributed by atoms with Crippen LogP contribution in [0.2, 0.25) is 0 Å². The van der Waals surface area contributed by atoms with Gasteiger partial charge in [-0.15, -0.1) is 11.3 Å². The molecule has 1 heterocycles. The Hall–Kier alpha value is -1.07. The van der Waals surface area contributed by atoms with Crippen molar-refractivity contribution in [2.75, 3.05) is 26.2 Å². The molecule has 0 amide bonds. The lowest BCUT2D eigenvalue weighted by molar-refractivity contribution is 0.292. The minimum atomic E-state index is 0.441. The largest absolute Gasteiger partial charge is 0.357 e. The predicted octanol–water partition coefficient (Wildman–Crippen LogP) is 3.31. The van der Waals surface area contributed by atoms with E-state index in [1.807, 2.05) is 0 Å². The average Bonchev–Trinajstić information content (AvgIpc) is 3.03. The summed E-state index contributed by atoms with van der Waals surface area (Å²) < 4.78 is 0. The molecule has 2 N–H and O–H groups in total. The quantitative estimate of drug-likeness (QED) is 0.512. The van der Waals surface area contributed by atoms with Crippen molar-refractivity contribution in [3.63, 3.8) is 0 Å². The van der Waals surface area contributed by atoms with E-state index < -0.39 is 0 Å². The Kier molecular flexibility index (Phi) is 9.91. The summed E-state index contributed by atoms with van der Waals surface area (Å²) in [7, 11) is 0. The normalized spacial score (nSPS) is 13.4. The maximum atomic E-state index is 4.67. The van der Waals surface area contributed by atoms with Crippen LogP contribution in [0.15, 0.2) is 22.5 Å². The molecule has 1 atom stereocenters. The summed E-state index contributed by atoms with van der Waals surface area (Å²) >= 11 is 1.76. The van der Waals surface area contributed by atoms with Crippen molar-refractivity contribution < 1.29 is 0 Å². The zero-order chi connectivity index (χ0) is 16.2. The zero-order valence-corrected chi connectivity index (χ0v) is 15.4. The van der Waals surface area contributed by atoms with E-state index in [9.17, 15) is 0 Å². The lowest BCUT2D eigenvalue weighted by atomic mass is 10.2. The van der Waals surface area contributed by atoms with Crippen molar-refractivity contribution in [3.8, 4) is 0 Å². The van der Waals surface area contributed by atoms with Crippen LogP contribution >= 0.6 is 11.3 Å². The van der Waals surface area contributed by atoms with Gasteiger partial charge in [0, 0.05) is 17.5 Å². The second kappa shape index (κ2) is 11.5. The smallest absolute Gasteiger partial charge is 0.191 e. The summed E-state index contributed by atoms with van der Waals surface area (Å²) in [4.78, 5) is 8.44. The summed E-state index contributed by atoms with van der Waals surface area (Å²) in [6, 6.07) is 4.65. The molecule has 0 fully saturated rings. The van der Waals surface area contributed by atoms with Gasteiger partial charge < -0.3 is 15.5 Å². The van der Waals surface area contributed by atoms with E-state index in [4.69, 9.17) is 0 Å². The van der Waals surface area contributed by atoms with Gasteiger partial charge in [-0.05, 0) is 57.8 Å². The number of hydrogen-bond donors (Lipinski definition) is 2.